The summed E-state index contributed by atoms with van der Waals surface area (Å²) in [6.07, 6.45) is 3.92. The molecule has 3 heteroatoms. The molecule has 0 aliphatic carbocycles. The normalized spacial score (nSPS) is 24.2. The molecule has 0 aromatic carbocycles. The van der Waals surface area contributed by atoms with Gasteiger partial charge in [0.25, 0.3) is 0 Å². The first-order chi connectivity index (χ1) is 5.86. The average Bonchev–Trinajstić information content (AvgIpc) is 2.54. The fourth-order valence-corrected chi connectivity index (χ4v) is 2.78. The fraction of sp³-hybridized carbons (Fsp3) is 0.556. The van der Waals surface area contributed by atoms with Crippen molar-refractivity contribution in [2.75, 3.05) is 6.54 Å². The summed E-state index contributed by atoms with van der Waals surface area (Å²) in [5.41, 5.74) is 0. The van der Waals surface area contributed by atoms with Crippen molar-refractivity contribution < 1.29 is 0 Å². The molecule has 1 aliphatic rings. The zero-order valence-corrected chi connectivity index (χ0v) is 8.42. The lowest BCUT2D eigenvalue weighted by Crippen LogP contribution is -2.25. The minimum atomic E-state index is 0.566. The van der Waals surface area contributed by atoms with Gasteiger partial charge in [-0.25, -0.2) is 0 Å². The Labute approximate surface area is 81.7 Å². The van der Waals surface area contributed by atoms with Gasteiger partial charge < -0.3 is 5.32 Å². The van der Waals surface area contributed by atoms with Gasteiger partial charge in [-0.05, 0) is 31.5 Å². The molecule has 66 valence electrons. The van der Waals surface area contributed by atoms with Gasteiger partial charge in [0.1, 0.15) is 0 Å². The molecule has 1 aromatic heterocycles. The molecule has 1 saturated heterocycles. The van der Waals surface area contributed by atoms with Crippen LogP contribution in [0.5, 0.6) is 0 Å². The predicted molar refractivity (Wildman–Crippen MR) is 53.9 cm³/mol. The van der Waals surface area contributed by atoms with Crippen molar-refractivity contribution in [3.05, 3.63) is 21.3 Å². The van der Waals surface area contributed by atoms with E-state index < -0.39 is 0 Å². The minimum absolute atomic E-state index is 0.566. The second kappa shape index (κ2) is 3.77. The van der Waals surface area contributed by atoms with Gasteiger partial charge in [0.05, 0.1) is 4.34 Å². The molecular weight excluding hydrogens is 190 g/mol. The maximum atomic E-state index is 5.87. The summed E-state index contributed by atoms with van der Waals surface area (Å²) in [6, 6.07) is 4.68. The van der Waals surface area contributed by atoms with Crippen molar-refractivity contribution >= 4 is 22.9 Å². The number of hydrogen-bond acceptors (Lipinski definition) is 2. The van der Waals surface area contributed by atoms with Crippen molar-refractivity contribution in [1.29, 1.82) is 0 Å². The van der Waals surface area contributed by atoms with Crippen LogP contribution in [0.1, 0.15) is 30.2 Å². The Bertz CT molecular complexity index is 253. The van der Waals surface area contributed by atoms with E-state index in [-0.39, 0.29) is 0 Å². The van der Waals surface area contributed by atoms with E-state index in [2.05, 4.69) is 11.4 Å². The van der Waals surface area contributed by atoms with Crippen LogP contribution in [-0.2, 0) is 0 Å². The van der Waals surface area contributed by atoms with Gasteiger partial charge in [0.2, 0.25) is 0 Å². The molecule has 0 unspecified atom stereocenters. The second-order valence-corrected chi connectivity index (χ2v) is 4.89. The Morgan fingerprint density at radius 1 is 1.42 bits per heavy atom. The Hall–Kier alpha value is -0.0500. The quantitative estimate of drug-likeness (QED) is 0.736. The lowest BCUT2D eigenvalue weighted by atomic mass is 10.0. The third kappa shape index (κ3) is 1.82. The largest absolute Gasteiger partial charge is 0.309 e. The number of rotatable bonds is 1. The van der Waals surface area contributed by atoms with Gasteiger partial charge in [0, 0.05) is 10.9 Å². The van der Waals surface area contributed by atoms with Gasteiger partial charge in [-0.15, -0.1) is 11.3 Å². The lowest BCUT2D eigenvalue weighted by Gasteiger charge is -2.21. The summed E-state index contributed by atoms with van der Waals surface area (Å²) < 4.78 is 0.900. The smallest absolute Gasteiger partial charge is 0.0931 e. The summed E-state index contributed by atoms with van der Waals surface area (Å²) in [7, 11) is 0. The molecule has 2 heterocycles. The van der Waals surface area contributed by atoms with Crippen molar-refractivity contribution in [1.82, 2.24) is 5.32 Å². The van der Waals surface area contributed by atoms with Crippen LogP contribution >= 0.6 is 22.9 Å². The molecule has 1 nitrogen and oxygen atoms in total. The Balaban J connectivity index is 2.08. The van der Waals surface area contributed by atoms with E-state index in [1.807, 2.05) is 6.07 Å². The molecular formula is C9H12ClNS. The number of nitrogens with one attached hydrogen (secondary N) is 1. The molecule has 1 N–H and O–H groups in total. The van der Waals surface area contributed by atoms with Crippen LogP contribution in [0.3, 0.4) is 0 Å². The molecule has 1 fully saturated rings. The van der Waals surface area contributed by atoms with E-state index in [0.717, 1.165) is 10.9 Å². The summed E-state index contributed by atoms with van der Waals surface area (Å²) in [6.45, 7) is 1.15. The zero-order chi connectivity index (χ0) is 8.39. The van der Waals surface area contributed by atoms with Crippen LogP contribution in [-0.4, -0.2) is 6.54 Å². The SMILES string of the molecule is Clc1ccc([C@@H]2CCCCN2)s1. The van der Waals surface area contributed by atoms with Crippen LogP contribution < -0.4 is 5.32 Å². The van der Waals surface area contributed by atoms with E-state index in [4.69, 9.17) is 11.6 Å². The molecule has 0 radical (unpaired) electrons. The third-order valence-electron chi connectivity index (χ3n) is 2.25. The summed E-state index contributed by atoms with van der Waals surface area (Å²) in [4.78, 5) is 1.39. The van der Waals surface area contributed by atoms with E-state index in [1.54, 1.807) is 11.3 Å². The minimum Gasteiger partial charge on any atom is -0.309 e. The Morgan fingerprint density at radius 3 is 2.92 bits per heavy atom. The molecule has 12 heavy (non-hydrogen) atoms. The number of halogens is 1. The highest BCUT2D eigenvalue weighted by molar-refractivity contribution is 7.16. The monoisotopic (exact) mass is 201 g/mol. The van der Waals surface area contributed by atoms with E-state index in [1.165, 1.54) is 24.1 Å². The third-order valence-corrected chi connectivity index (χ3v) is 3.59. The molecule has 0 amide bonds. The Morgan fingerprint density at radius 2 is 2.33 bits per heavy atom. The molecule has 0 saturated carbocycles. The first kappa shape index (κ1) is 8.54. The van der Waals surface area contributed by atoms with Crippen molar-refractivity contribution in [3.8, 4) is 0 Å². The van der Waals surface area contributed by atoms with Crippen molar-refractivity contribution in [3.63, 3.8) is 0 Å². The highest BCUT2D eigenvalue weighted by Crippen LogP contribution is 2.30. The van der Waals surface area contributed by atoms with Crippen LogP contribution in [0, 0.1) is 0 Å². The maximum Gasteiger partial charge on any atom is 0.0931 e. The molecule has 1 atom stereocenters. The van der Waals surface area contributed by atoms with Gasteiger partial charge in [-0.2, -0.15) is 0 Å². The van der Waals surface area contributed by atoms with Gasteiger partial charge >= 0.3 is 0 Å². The fourth-order valence-electron chi connectivity index (χ4n) is 1.61. The van der Waals surface area contributed by atoms with E-state index >= 15 is 0 Å². The molecule has 1 aliphatic heterocycles. The molecule has 2 rings (SSSR count). The average molecular weight is 202 g/mol. The highest BCUT2D eigenvalue weighted by Gasteiger charge is 2.15. The van der Waals surface area contributed by atoms with E-state index in [0.29, 0.717) is 6.04 Å². The summed E-state index contributed by atoms with van der Waals surface area (Å²) in [5, 5.41) is 3.50. The first-order valence-corrected chi connectivity index (χ1v) is 5.54. The molecule has 0 spiro atoms. The first-order valence-electron chi connectivity index (χ1n) is 4.35. The standard InChI is InChI=1S/C9H12ClNS/c10-9-5-4-8(12-9)7-3-1-2-6-11-7/h4-5,7,11H,1-3,6H2/t7-/m0/s1. The van der Waals surface area contributed by atoms with Crippen molar-refractivity contribution in [2.24, 2.45) is 0 Å². The van der Waals surface area contributed by atoms with Crippen LogP contribution in [0.4, 0.5) is 0 Å². The zero-order valence-electron chi connectivity index (χ0n) is 6.85. The number of thiophene rings is 1. The van der Waals surface area contributed by atoms with Gasteiger partial charge in [-0.3, -0.25) is 0 Å². The Kier molecular flexibility index (Phi) is 2.69. The second-order valence-electron chi connectivity index (χ2n) is 3.14. The molecule has 1 aromatic rings. The number of piperidine rings is 1. The molecule has 0 bridgehead atoms. The lowest BCUT2D eigenvalue weighted by molar-refractivity contribution is 0.417. The van der Waals surface area contributed by atoms with Crippen LogP contribution in [0.2, 0.25) is 4.34 Å². The predicted octanol–water partition coefficient (Wildman–Crippen LogP) is 3.22. The summed E-state index contributed by atoms with van der Waals surface area (Å²) in [5.74, 6) is 0. The van der Waals surface area contributed by atoms with Crippen LogP contribution in [0.25, 0.3) is 0 Å². The maximum absolute atomic E-state index is 5.87. The van der Waals surface area contributed by atoms with E-state index in [9.17, 15) is 0 Å². The van der Waals surface area contributed by atoms with Gasteiger partial charge in [0.15, 0.2) is 0 Å². The number of hydrogen-bond donors (Lipinski definition) is 1. The van der Waals surface area contributed by atoms with Crippen LogP contribution in [0.15, 0.2) is 12.1 Å². The highest BCUT2D eigenvalue weighted by atomic mass is 35.5. The van der Waals surface area contributed by atoms with Gasteiger partial charge in [-0.1, -0.05) is 18.0 Å². The summed E-state index contributed by atoms with van der Waals surface area (Å²) >= 11 is 7.57. The topological polar surface area (TPSA) is 12.0 Å². The van der Waals surface area contributed by atoms with Crippen molar-refractivity contribution in [2.45, 2.75) is 25.3 Å².